The number of hydrogen-bond acceptors (Lipinski definition) is 6. The van der Waals surface area contributed by atoms with E-state index in [1.807, 2.05) is 0 Å². The summed E-state index contributed by atoms with van der Waals surface area (Å²) >= 11 is 0. The summed E-state index contributed by atoms with van der Waals surface area (Å²) in [5.74, 6) is -2.49. The molecule has 0 atom stereocenters. The van der Waals surface area contributed by atoms with E-state index >= 15 is 0 Å². The molecule has 1 saturated carbocycles. The second-order valence-corrected chi connectivity index (χ2v) is 8.26. The van der Waals surface area contributed by atoms with E-state index in [0.717, 1.165) is 18.3 Å². The summed E-state index contributed by atoms with van der Waals surface area (Å²) in [6.45, 7) is 0. The first kappa shape index (κ1) is 23.9. The van der Waals surface area contributed by atoms with Crippen LogP contribution in [0.25, 0.3) is 0 Å². The zero-order valence-corrected chi connectivity index (χ0v) is 18.5. The molecule has 35 heavy (non-hydrogen) atoms. The lowest BCUT2D eigenvalue weighted by Crippen LogP contribution is -2.43. The molecule has 0 unspecified atom stereocenters. The molecule has 0 saturated heterocycles. The number of carbonyl (C=O) groups excluding carboxylic acids is 2. The fourth-order valence-corrected chi connectivity index (χ4v) is 3.91. The fraction of sp³-hybridized carbons (Fsp3) is 0.240. The third-order valence-electron chi connectivity index (χ3n) is 5.71. The Kier molecular flexibility index (Phi) is 7.09. The first-order valence-corrected chi connectivity index (χ1v) is 11.0. The number of amides is 2. The van der Waals surface area contributed by atoms with Gasteiger partial charge in [0.2, 0.25) is 5.88 Å². The molecule has 2 aromatic carbocycles. The topological polar surface area (TPSA) is 121 Å². The summed E-state index contributed by atoms with van der Waals surface area (Å²) < 4.78 is 32.5. The van der Waals surface area contributed by atoms with E-state index in [-0.39, 0.29) is 46.3 Å². The van der Waals surface area contributed by atoms with Crippen molar-refractivity contribution in [3.05, 3.63) is 77.5 Å². The van der Waals surface area contributed by atoms with E-state index < -0.39 is 23.4 Å². The van der Waals surface area contributed by atoms with E-state index in [0.29, 0.717) is 25.7 Å². The second kappa shape index (κ2) is 10.4. The predicted molar refractivity (Wildman–Crippen MR) is 121 cm³/mol. The molecule has 2 amide bonds. The molecule has 182 valence electrons. The number of aromatic nitrogens is 1. The number of nitrogens with one attached hydrogen (secondary N) is 2. The lowest BCUT2D eigenvalue weighted by Gasteiger charge is -2.29. The van der Waals surface area contributed by atoms with Crippen LogP contribution in [0.1, 0.15) is 46.4 Å². The number of hydrogen-bond donors (Lipinski definition) is 4. The highest BCUT2D eigenvalue weighted by atomic mass is 19.1. The molecular formula is C25H23F2N3O5. The van der Waals surface area contributed by atoms with Crippen molar-refractivity contribution in [3.8, 4) is 23.1 Å². The molecule has 0 radical (unpaired) electrons. The third kappa shape index (κ3) is 6.03. The molecule has 4 rings (SSSR count). The van der Waals surface area contributed by atoms with E-state index in [9.17, 15) is 28.6 Å². The van der Waals surface area contributed by atoms with Gasteiger partial charge in [0.1, 0.15) is 34.4 Å². The molecule has 0 bridgehead atoms. The van der Waals surface area contributed by atoms with Crippen molar-refractivity contribution in [3.63, 3.8) is 0 Å². The van der Waals surface area contributed by atoms with Crippen LogP contribution in [0.4, 0.5) is 8.78 Å². The number of nitrogens with zero attached hydrogens (tertiary/aromatic N) is 1. The largest absolute Gasteiger partial charge is 0.508 e. The monoisotopic (exact) mass is 483 g/mol. The van der Waals surface area contributed by atoms with E-state index in [1.165, 1.54) is 36.4 Å². The highest BCUT2D eigenvalue weighted by molar-refractivity contribution is 5.97. The summed E-state index contributed by atoms with van der Waals surface area (Å²) in [5, 5.41) is 24.9. The van der Waals surface area contributed by atoms with Crippen molar-refractivity contribution >= 4 is 11.8 Å². The molecule has 1 fully saturated rings. The van der Waals surface area contributed by atoms with Gasteiger partial charge in [-0.25, -0.2) is 13.8 Å². The maximum atomic E-state index is 13.8. The molecule has 8 nitrogen and oxygen atoms in total. The minimum absolute atomic E-state index is 0.0607. The Hall–Kier alpha value is -4.21. The van der Waals surface area contributed by atoms with E-state index in [1.54, 1.807) is 0 Å². The van der Waals surface area contributed by atoms with Gasteiger partial charge in [0.05, 0.1) is 11.8 Å². The average Bonchev–Trinajstić information content (AvgIpc) is 2.82. The van der Waals surface area contributed by atoms with Crippen LogP contribution in [0.3, 0.4) is 0 Å². The van der Waals surface area contributed by atoms with E-state index in [4.69, 9.17) is 4.74 Å². The summed E-state index contributed by atoms with van der Waals surface area (Å²) in [6.07, 6.45) is 3.21. The van der Waals surface area contributed by atoms with Gasteiger partial charge in [-0.15, -0.1) is 0 Å². The Morgan fingerprint density at radius 1 is 0.829 bits per heavy atom. The molecule has 3 aromatic rings. The number of halogens is 2. The predicted octanol–water partition coefficient (Wildman–Crippen LogP) is 4.03. The number of benzene rings is 2. The molecular weight excluding hydrogens is 460 g/mol. The van der Waals surface area contributed by atoms with Crippen LogP contribution in [0.5, 0.6) is 23.1 Å². The highest BCUT2D eigenvalue weighted by Gasteiger charge is 2.26. The fourth-order valence-electron chi connectivity index (χ4n) is 3.91. The molecule has 1 heterocycles. The first-order valence-electron chi connectivity index (χ1n) is 11.0. The van der Waals surface area contributed by atoms with Gasteiger partial charge < -0.3 is 25.6 Å². The SMILES string of the molecule is O=C(NC1CCC(NC(=O)c2cc(F)cnc2Oc2ccc(F)cc2)CC1)c1ccc(O)cc1O. The van der Waals surface area contributed by atoms with Gasteiger partial charge in [0, 0.05) is 18.2 Å². The van der Waals surface area contributed by atoms with Gasteiger partial charge in [0.15, 0.2) is 0 Å². The van der Waals surface area contributed by atoms with Gasteiger partial charge in [-0.05, 0) is 68.1 Å². The van der Waals surface area contributed by atoms with Crippen molar-refractivity contribution in [2.75, 3.05) is 0 Å². The van der Waals surface area contributed by atoms with Gasteiger partial charge in [-0.3, -0.25) is 9.59 Å². The van der Waals surface area contributed by atoms with Crippen molar-refractivity contribution < 1.29 is 33.3 Å². The van der Waals surface area contributed by atoms with E-state index in [2.05, 4.69) is 15.6 Å². The van der Waals surface area contributed by atoms with Crippen molar-refractivity contribution in [1.29, 1.82) is 0 Å². The lowest BCUT2D eigenvalue weighted by atomic mass is 9.90. The molecule has 10 heteroatoms. The Morgan fingerprint density at radius 2 is 1.43 bits per heavy atom. The number of rotatable bonds is 6. The summed E-state index contributed by atoms with van der Waals surface area (Å²) in [5.41, 5.74) is -0.0296. The number of aromatic hydroxyl groups is 2. The van der Waals surface area contributed by atoms with Crippen LogP contribution < -0.4 is 15.4 Å². The Morgan fingerprint density at radius 3 is 2.03 bits per heavy atom. The number of phenols is 2. The molecule has 0 aliphatic heterocycles. The minimum atomic E-state index is -0.703. The van der Waals surface area contributed by atoms with Crippen LogP contribution >= 0.6 is 0 Å². The number of pyridine rings is 1. The first-order chi connectivity index (χ1) is 16.8. The number of carbonyl (C=O) groups is 2. The van der Waals surface area contributed by atoms with Crippen LogP contribution in [-0.2, 0) is 0 Å². The summed E-state index contributed by atoms with van der Waals surface area (Å²) in [6, 6.07) is 9.54. The zero-order chi connectivity index (χ0) is 24.9. The molecule has 1 aromatic heterocycles. The Balaban J connectivity index is 1.34. The smallest absolute Gasteiger partial charge is 0.257 e. The Bertz CT molecular complexity index is 1230. The van der Waals surface area contributed by atoms with Crippen molar-refractivity contribution in [2.24, 2.45) is 0 Å². The van der Waals surface area contributed by atoms with Gasteiger partial charge in [0.25, 0.3) is 11.8 Å². The standard InChI is InChI=1S/C25H23F2N3O5/c26-14-1-8-19(9-2-14)35-25-21(11-15(27)13-28-25)24(34)30-17-5-3-16(4-6-17)29-23(33)20-10-7-18(31)12-22(20)32/h1-2,7-13,16-17,31-32H,3-6H2,(H,29,33)(H,30,34). The molecule has 1 aliphatic carbocycles. The van der Waals surface area contributed by atoms with Crippen LogP contribution in [0, 0.1) is 11.6 Å². The van der Waals surface area contributed by atoms with Crippen molar-refractivity contribution in [2.45, 2.75) is 37.8 Å². The highest BCUT2D eigenvalue weighted by Crippen LogP contribution is 2.26. The normalized spacial score (nSPS) is 17.4. The third-order valence-corrected chi connectivity index (χ3v) is 5.71. The summed E-state index contributed by atoms with van der Waals surface area (Å²) in [4.78, 5) is 29.2. The zero-order valence-electron chi connectivity index (χ0n) is 18.5. The molecule has 4 N–H and O–H groups in total. The van der Waals surface area contributed by atoms with Crippen molar-refractivity contribution in [1.82, 2.24) is 15.6 Å². The van der Waals surface area contributed by atoms with Gasteiger partial charge in [-0.2, -0.15) is 0 Å². The van der Waals surface area contributed by atoms with Crippen LogP contribution in [0.2, 0.25) is 0 Å². The molecule has 1 aliphatic rings. The van der Waals surface area contributed by atoms with Crippen LogP contribution in [0.15, 0.2) is 54.7 Å². The molecule has 0 spiro atoms. The quantitative estimate of drug-likeness (QED) is 0.420. The minimum Gasteiger partial charge on any atom is -0.508 e. The lowest BCUT2D eigenvalue weighted by molar-refractivity contribution is 0.0888. The number of ether oxygens (including phenoxy) is 1. The maximum Gasteiger partial charge on any atom is 0.257 e. The average molecular weight is 483 g/mol. The Labute approximate surface area is 199 Å². The second-order valence-electron chi connectivity index (χ2n) is 8.26. The van der Waals surface area contributed by atoms with Gasteiger partial charge in [-0.1, -0.05) is 0 Å². The number of phenolic OH excluding ortho intramolecular Hbond substituents is 2. The van der Waals surface area contributed by atoms with Gasteiger partial charge >= 0.3 is 0 Å². The van der Waals surface area contributed by atoms with Crippen LogP contribution in [-0.4, -0.2) is 39.1 Å². The maximum absolute atomic E-state index is 13.8. The summed E-state index contributed by atoms with van der Waals surface area (Å²) in [7, 11) is 0.